The molecule has 6 heteroatoms. The summed E-state index contributed by atoms with van der Waals surface area (Å²) >= 11 is 7.54. The monoisotopic (exact) mass is 321 g/mol. The number of rotatable bonds is 5. The lowest BCUT2D eigenvalue weighted by Crippen LogP contribution is -2.27. The molecule has 0 unspecified atom stereocenters. The van der Waals surface area contributed by atoms with Crippen LogP contribution in [0.3, 0.4) is 0 Å². The van der Waals surface area contributed by atoms with Crippen molar-refractivity contribution in [2.75, 3.05) is 12.8 Å². The van der Waals surface area contributed by atoms with Gasteiger partial charge in [-0.3, -0.25) is 4.79 Å². The second-order valence-electron chi connectivity index (χ2n) is 4.43. The van der Waals surface area contributed by atoms with Crippen LogP contribution < -0.4 is 0 Å². The molecule has 4 nitrogen and oxygen atoms in total. The predicted octanol–water partition coefficient (Wildman–Crippen LogP) is 3.51. The maximum absolute atomic E-state index is 12.5. The summed E-state index contributed by atoms with van der Waals surface area (Å²) < 4.78 is 0. The molecule has 0 aliphatic rings. The summed E-state index contributed by atoms with van der Waals surface area (Å²) in [6.07, 6.45) is 1.48. The molecule has 0 atom stereocenters. The van der Waals surface area contributed by atoms with Crippen LogP contribution in [0.2, 0.25) is 5.02 Å². The summed E-state index contributed by atoms with van der Waals surface area (Å²) in [4.78, 5) is 22.4. The fourth-order valence-corrected chi connectivity index (χ4v) is 2.52. The van der Waals surface area contributed by atoms with Crippen LogP contribution in [0.5, 0.6) is 0 Å². The van der Waals surface area contributed by atoms with Crippen molar-refractivity contribution in [1.29, 1.82) is 0 Å². The molecule has 0 bridgehead atoms. The van der Waals surface area contributed by atoms with Crippen molar-refractivity contribution in [1.82, 2.24) is 14.9 Å². The predicted molar refractivity (Wildman–Crippen MR) is 85.7 cm³/mol. The topological polar surface area (TPSA) is 46.1 Å². The van der Waals surface area contributed by atoms with Gasteiger partial charge in [0.1, 0.15) is 0 Å². The molecule has 21 heavy (non-hydrogen) atoms. The minimum Gasteiger partial charge on any atom is -0.336 e. The molecule has 0 aliphatic carbocycles. The highest BCUT2D eigenvalue weighted by Crippen LogP contribution is 2.19. The van der Waals surface area contributed by atoms with Crippen LogP contribution in [0, 0.1) is 0 Å². The van der Waals surface area contributed by atoms with Gasteiger partial charge in [-0.2, -0.15) is 0 Å². The van der Waals surface area contributed by atoms with Crippen LogP contribution in [0.1, 0.15) is 23.0 Å². The first-order chi connectivity index (χ1) is 10.1. The Morgan fingerprint density at radius 1 is 1.33 bits per heavy atom. The third-order valence-electron chi connectivity index (χ3n) is 2.81. The Kier molecular flexibility index (Phi) is 5.59. The summed E-state index contributed by atoms with van der Waals surface area (Å²) in [6, 6.07) is 9.79. The first-order valence-corrected chi connectivity index (χ1v) is 7.93. The molecule has 1 aromatic carbocycles. The third-order valence-corrected chi connectivity index (χ3v) is 3.83. The van der Waals surface area contributed by atoms with Gasteiger partial charge in [-0.15, -0.1) is 0 Å². The van der Waals surface area contributed by atoms with Crippen molar-refractivity contribution in [2.24, 2.45) is 0 Å². The second-order valence-corrected chi connectivity index (χ2v) is 6.07. The summed E-state index contributed by atoms with van der Waals surface area (Å²) in [7, 11) is 1.74. The zero-order chi connectivity index (χ0) is 15.2. The molecule has 0 fully saturated rings. The van der Waals surface area contributed by atoms with Crippen molar-refractivity contribution in [3.63, 3.8) is 0 Å². The Morgan fingerprint density at radius 3 is 2.71 bits per heavy atom. The maximum atomic E-state index is 12.5. The Labute approximate surface area is 133 Å². The zero-order valence-corrected chi connectivity index (χ0v) is 13.5. The highest BCUT2D eigenvalue weighted by atomic mass is 35.5. The van der Waals surface area contributed by atoms with Gasteiger partial charge in [0, 0.05) is 13.6 Å². The van der Waals surface area contributed by atoms with Gasteiger partial charge in [0.25, 0.3) is 5.91 Å². The Morgan fingerprint density at radius 2 is 2.05 bits per heavy atom. The summed E-state index contributed by atoms with van der Waals surface area (Å²) in [5, 5.41) is 0.846. The number of carbonyl (C=O) groups excluding carboxylic acids is 1. The van der Waals surface area contributed by atoms with Crippen LogP contribution in [0.4, 0.5) is 0 Å². The van der Waals surface area contributed by atoms with Crippen LogP contribution in [0.25, 0.3) is 0 Å². The molecule has 1 heterocycles. The Hall–Kier alpha value is -1.59. The summed E-state index contributed by atoms with van der Waals surface area (Å²) in [6.45, 7) is 2.52. The van der Waals surface area contributed by atoms with Crippen molar-refractivity contribution < 1.29 is 4.79 Å². The van der Waals surface area contributed by atoms with Crippen molar-refractivity contribution >= 4 is 29.3 Å². The number of nitrogens with zero attached hydrogens (tertiary/aromatic N) is 3. The van der Waals surface area contributed by atoms with E-state index in [4.69, 9.17) is 11.6 Å². The van der Waals surface area contributed by atoms with Crippen LogP contribution in [0.15, 0.2) is 41.7 Å². The minimum atomic E-state index is -0.204. The molecule has 0 saturated carbocycles. The molecule has 2 aromatic rings. The number of hydrogen-bond acceptors (Lipinski definition) is 4. The van der Waals surface area contributed by atoms with Gasteiger partial charge in [0.15, 0.2) is 10.9 Å². The van der Waals surface area contributed by atoms with E-state index >= 15 is 0 Å². The highest BCUT2D eigenvalue weighted by molar-refractivity contribution is 7.99. The molecule has 0 N–H and O–H groups in total. The lowest BCUT2D eigenvalue weighted by molar-refractivity contribution is 0.0778. The van der Waals surface area contributed by atoms with Gasteiger partial charge in [-0.05, 0) is 11.3 Å². The van der Waals surface area contributed by atoms with Crippen molar-refractivity contribution in [3.05, 3.63) is 52.8 Å². The molecule has 0 spiro atoms. The molecular weight excluding hydrogens is 306 g/mol. The normalized spacial score (nSPS) is 10.4. The molecule has 110 valence electrons. The highest BCUT2D eigenvalue weighted by Gasteiger charge is 2.18. The Balaban J connectivity index is 2.17. The second kappa shape index (κ2) is 7.43. The zero-order valence-electron chi connectivity index (χ0n) is 11.9. The van der Waals surface area contributed by atoms with E-state index in [0.717, 1.165) is 11.3 Å². The van der Waals surface area contributed by atoms with Gasteiger partial charge >= 0.3 is 0 Å². The lowest BCUT2D eigenvalue weighted by atomic mass is 10.2. The fourth-order valence-electron chi connectivity index (χ4n) is 1.81. The van der Waals surface area contributed by atoms with Crippen LogP contribution in [-0.2, 0) is 6.54 Å². The van der Waals surface area contributed by atoms with E-state index in [9.17, 15) is 4.79 Å². The molecule has 1 amide bonds. The van der Waals surface area contributed by atoms with Gasteiger partial charge in [0.2, 0.25) is 0 Å². The van der Waals surface area contributed by atoms with Crippen LogP contribution >= 0.6 is 23.4 Å². The molecule has 2 rings (SSSR count). The SMILES string of the molecule is CCSc1ncc(Cl)c(C(=O)N(C)Cc2ccccc2)n1. The van der Waals surface area contributed by atoms with Crippen molar-refractivity contribution in [3.8, 4) is 0 Å². The number of thioether (sulfide) groups is 1. The summed E-state index contributed by atoms with van der Waals surface area (Å²) in [5.41, 5.74) is 1.31. The number of halogens is 1. The fraction of sp³-hybridized carbons (Fsp3) is 0.267. The largest absolute Gasteiger partial charge is 0.336 e. The van der Waals surface area contributed by atoms with Crippen molar-refractivity contribution in [2.45, 2.75) is 18.6 Å². The van der Waals surface area contributed by atoms with E-state index in [1.54, 1.807) is 11.9 Å². The number of amides is 1. The first kappa shape index (κ1) is 15.8. The Bertz CT molecular complexity index is 622. The van der Waals surface area contributed by atoms with E-state index in [1.165, 1.54) is 18.0 Å². The average molecular weight is 322 g/mol. The number of benzene rings is 1. The first-order valence-electron chi connectivity index (χ1n) is 6.56. The minimum absolute atomic E-state index is 0.204. The van der Waals surface area contributed by atoms with Crippen LogP contribution in [-0.4, -0.2) is 33.6 Å². The average Bonchev–Trinajstić information content (AvgIpc) is 2.50. The molecular formula is C15H16ClN3OS. The standard InChI is InChI=1S/C15H16ClN3OS/c1-3-21-15-17-9-12(16)13(18-15)14(20)19(2)10-11-7-5-4-6-8-11/h4-9H,3,10H2,1-2H3. The van der Waals surface area contributed by atoms with E-state index < -0.39 is 0 Å². The molecule has 0 aliphatic heterocycles. The van der Waals surface area contributed by atoms with Gasteiger partial charge in [-0.1, -0.05) is 60.6 Å². The van der Waals surface area contributed by atoms with Gasteiger partial charge in [0.05, 0.1) is 11.2 Å². The van der Waals surface area contributed by atoms with E-state index in [0.29, 0.717) is 11.7 Å². The van der Waals surface area contributed by atoms with E-state index in [-0.39, 0.29) is 16.6 Å². The molecule has 0 saturated heterocycles. The number of aromatic nitrogens is 2. The third kappa shape index (κ3) is 4.19. The molecule has 0 radical (unpaired) electrons. The van der Waals surface area contributed by atoms with E-state index in [1.807, 2.05) is 37.3 Å². The summed E-state index contributed by atoms with van der Waals surface area (Å²) in [5.74, 6) is 0.638. The maximum Gasteiger partial charge on any atom is 0.274 e. The number of carbonyl (C=O) groups is 1. The quantitative estimate of drug-likeness (QED) is 0.624. The number of hydrogen-bond donors (Lipinski definition) is 0. The van der Waals surface area contributed by atoms with Gasteiger partial charge in [-0.25, -0.2) is 9.97 Å². The van der Waals surface area contributed by atoms with E-state index in [2.05, 4.69) is 9.97 Å². The van der Waals surface area contributed by atoms with Gasteiger partial charge < -0.3 is 4.90 Å². The lowest BCUT2D eigenvalue weighted by Gasteiger charge is -2.17. The molecule has 1 aromatic heterocycles. The smallest absolute Gasteiger partial charge is 0.274 e.